The SMILES string of the molecule is Cc1coc(Sc2ccc(CNC(C)(C)C)c(C)c2)n1. The van der Waals surface area contributed by atoms with Crippen molar-refractivity contribution in [2.24, 2.45) is 0 Å². The summed E-state index contributed by atoms with van der Waals surface area (Å²) in [4.78, 5) is 5.47. The third-order valence-electron chi connectivity index (χ3n) is 2.93. The van der Waals surface area contributed by atoms with Crippen LogP contribution in [0.1, 0.15) is 37.6 Å². The van der Waals surface area contributed by atoms with E-state index in [9.17, 15) is 0 Å². The van der Waals surface area contributed by atoms with Crippen LogP contribution in [-0.2, 0) is 6.54 Å². The van der Waals surface area contributed by atoms with E-state index in [1.807, 2.05) is 6.92 Å². The van der Waals surface area contributed by atoms with Gasteiger partial charge in [-0.3, -0.25) is 0 Å². The van der Waals surface area contributed by atoms with E-state index in [4.69, 9.17) is 4.42 Å². The van der Waals surface area contributed by atoms with Crippen LogP contribution in [0.3, 0.4) is 0 Å². The molecule has 0 aliphatic carbocycles. The molecule has 0 aliphatic rings. The zero-order chi connectivity index (χ0) is 14.8. The minimum Gasteiger partial charge on any atom is -0.439 e. The highest BCUT2D eigenvalue weighted by molar-refractivity contribution is 7.99. The Labute approximate surface area is 125 Å². The van der Waals surface area contributed by atoms with Crippen molar-refractivity contribution in [2.75, 3.05) is 0 Å². The van der Waals surface area contributed by atoms with Gasteiger partial charge in [0.2, 0.25) is 0 Å². The molecular weight excluding hydrogens is 268 g/mol. The first-order chi connectivity index (χ1) is 9.33. The van der Waals surface area contributed by atoms with E-state index < -0.39 is 0 Å². The molecule has 0 bridgehead atoms. The van der Waals surface area contributed by atoms with Crippen molar-refractivity contribution in [1.29, 1.82) is 0 Å². The molecule has 1 aromatic heterocycles. The lowest BCUT2D eigenvalue weighted by molar-refractivity contribution is 0.424. The Morgan fingerprint density at radius 1 is 1.25 bits per heavy atom. The Kier molecular flexibility index (Phi) is 4.55. The van der Waals surface area contributed by atoms with Crippen LogP contribution in [0.25, 0.3) is 0 Å². The van der Waals surface area contributed by atoms with E-state index in [-0.39, 0.29) is 5.54 Å². The quantitative estimate of drug-likeness (QED) is 0.909. The first kappa shape index (κ1) is 15.1. The van der Waals surface area contributed by atoms with Crippen LogP contribution in [0.5, 0.6) is 0 Å². The molecule has 2 rings (SSSR count). The molecule has 108 valence electrons. The van der Waals surface area contributed by atoms with Crippen LogP contribution in [0, 0.1) is 13.8 Å². The monoisotopic (exact) mass is 290 g/mol. The Morgan fingerprint density at radius 3 is 2.55 bits per heavy atom. The largest absolute Gasteiger partial charge is 0.439 e. The van der Waals surface area contributed by atoms with E-state index in [0.717, 1.165) is 17.1 Å². The minimum absolute atomic E-state index is 0.134. The van der Waals surface area contributed by atoms with Gasteiger partial charge in [0, 0.05) is 17.0 Å². The second-order valence-electron chi connectivity index (χ2n) is 6.05. The molecule has 0 atom stereocenters. The molecule has 20 heavy (non-hydrogen) atoms. The summed E-state index contributed by atoms with van der Waals surface area (Å²) in [6, 6.07) is 6.48. The maximum absolute atomic E-state index is 5.37. The van der Waals surface area contributed by atoms with Gasteiger partial charge in [-0.05, 0) is 69.6 Å². The zero-order valence-corrected chi connectivity index (χ0v) is 13.6. The van der Waals surface area contributed by atoms with Crippen molar-refractivity contribution < 1.29 is 4.42 Å². The summed E-state index contributed by atoms with van der Waals surface area (Å²) in [5, 5.41) is 4.21. The highest BCUT2D eigenvalue weighted by atomic mass is 32.2. The van der Waals surface area contributed by atoms with Crippen LogP contribution in [0.2, 0.25) is 0 Å². The number of aromatic nitrogens is 1. The minimum atomic E-state index is 0.134. The number of aryl methyl sites for hydroxylation is 2. The van der Waals surface area contributed by atoms with Gasteiger partial charge in [0.05, 0.1) is 5.69 Å². The number of oxazole rings is 1. The summed E-state index contributed by atoms with van der Waals surface area (Å²) in [5.74, 6) is 0. The van der Waals surface area contributed by atoms with Crippen molar-refractivity contribution in [3.8, 4) is 0 Å². The van der Waals surface area contributed by atoms with Crippen molar-refractivity contribution in [3.05, 3.63) is 41.3 Å². The first-order valence-electron chi connectivity index (χ1n) is 6.78. The fourth-order valence-electron chi connectivity index (χ4n) is 1.77. The molecule has 0 amide bonds. The fourth-order valence-corrected chi connectivity index (χ4v) is 2.63. The number of benzene rings is 1. The predicted octanol–water partition coefficient (Wildman–Crippen LogP) is 4.33. The van der Waals surface area contributed by atoms with Gasteiger partial charge in [-0.25, -0.2) is 4.98 Å². The molecule has 1 aromatic carbocycles. The van der Waals surface area contributed by atoms with Gasteiger partial charge in [-0.1, -0.05) is 6.07 Å². The Morgan fingerprint density at radius 2 is 2.00 bits per heavy atom. The maximum atomic E-state index is 5.37. The van der Waals surface area contributed by atoms with Crippen LogP contribution in [0.4, 0.5) is 0 Å². The van der Waals surface area contributed by atoms with Crippen molar-refractivity contribution >= 4 is 11.8 Å². The van der Waals surface area contributed by atoms with Gasteiger partial charge in [0.25, 0.3) is 5.22 Å². The van der Waals surface area contributed by atoms with Crippen LogP contribution >= 0.6 is 11.8 Å². The molecular formula is C16H22N2OS. The normalized spacial score (nSPS) is 11.8. The third kappa shape index (κ3) is 4.39. The molecule has 3 nitrogen and oxygen atoms in total. The summed E-state index contributed by atoms with van der Waals surface area (Å²) in [5.41, 5.74) is 3.66. The molecule has 0 radical (unpaired) electrons. The van der Waals surface area contributed by atoms with Gasteiger partial charge >= 0.3 is 0 Å². The molecule has 1 heterocycles. The number of nitrogens with zero attached hydrogens (tertiary/aromatic N) is 1. The van der Waals surface area contributed by atoms with Gasteiger partial charge in [0.1, 0.15) is 6.26 Å². The maximum Gasteiger partial charge on any atom is 0.260 e. The molecule has 0 fully saturated rings. The second kappa shape index (κ2) is 6.02. The predicted molar refractivity (Wildman–Crippen MR) is 83.1 cm³/mol. The van der Waals surface area contributed by atoms with E-state index in [0.29, 0.717) is 5.22 Å². The van der Waals surface area contributed by atoms with E-state index in [1.54, 1.807) is 18.0 Å². The number of nitrogens with one attached hydrogen (secondary N) is 1. The van der Waals surface area contributed by atoms with Crippen molar-refractivity contribution in [1.82, 2.24) is 10.3 Å². The number of hydrogen-bond acceptors (Lipinski definition) is 4. The van der Waals surface area contributed by atoms with E-state index in [1.165, 1.54) is 11.1 Å². The summed E-state index contributed by atoms with van der Waals surface area (Å²) in [6.07, 6.45) is 1.68. The fraction of sp³-hybridized carbons (Fsp3) is 0.438. The highest BCUT2D eigenvalue weighted by Crippen LogP contribution is 2.28. The molecule has 0 saturated carbocycles. The zero-order valence-electron chi connectivity index (χ0n) is 12.8. The standard InChI is InChI=1S/C16H22N2OS/c1-11-8-14(20-15-18-12(2)10-19-15)7-6-13(11)9-17-16(3,4)5/h6-8,10,17H,9H2,1-5H3. The number of hydrogen-bond donors (Lipinski definition) is 1. The van der Waals surface area contributed by atoms with Gasteiger partial charge in [-0.15, -0.1) is 0 Å². The number of rotatable bonds is 4. The van der Waals surface area contributed by atoms with Gasteiger partial charge in [-0.2, -0.15) is 0 Å². The average molecular weight is 290 g/mol. The molecule has 2 aromatic rings. The molecule has 0 saturated heterocycles. The lowest BCUT2D eigenvalue weighted by Gasteiger charge is -2.21. The van der Waals surface area contributed by atoms with Crippen molar-refractivity contribution in [3.63, 3.8) is 0 Å². The topological polar surface area (TPSA) is 38.1 Å². The highest BCUT2D eigenvalue weighted by Gasteiger charge is 2.10. The smallest absolute Gasteiger partial charge is 0.260 e. The lowest BCUT2D eigenvalue weighted by Crippen LogP contribution is -2.35. The summed E-state index contributed by atoms with van der Waals surface area (Å²) in [6.45, 7) is 11.5. The first-order valence-corrected chi connectivity index (χ1v) is 7.60. The van der Waals surface area contributed by atoms with Gasteiger partial charge in [0.15, 0.2) is 0 Å². The molecule has 1 N–H and O–H groups in total. The Bertz CT molecular complexity index is 584. The summed E-state index contributed by atoms with van der Waals surface area (Å²) >= 11 is 1.56. The summed E-state index contributed by atoms with van der Waals surface area (Å²) in [7, 11) is 0. The average Bonchev–Trinajstić information content (AvgIpc) is 2.72. The molecule has 4 heteroatoms. The summed E-state index contributed by atoms with van der Waals surface area (Å²) < 4.78 is 5.37. The van der Waals surface area contributed by atoms with Crippen LogP contribution < -0.4 is 5.32 Å². The van der Waals surface area contributed by atoms with Crippen molar-refractivity contribution in [2.45, 2.75) is 56.8 Å². The van der Waals surface area contributed by atoms with Crippen LogP contribution in [0.15, 0.2) is 39.0 Å². The van der Waals surface area contributed by atoms with Crippen LogP contribution in [-0.4, -0.2) is 10.5 Å². The second-order valence-corrected chi connectivity index (χ2v) is 7.07. The third-order valence-corrected chi connectivity index (χ3v) is 3.78. The lowest BCUT2D eigenvalue weighted by atomic mass is 10.1. The van der Waals surface area contributed by atoms with E-state index in [2.05, 4.69) is 56.2 Å². The Hall–Kier alpha value is -1.26. The molecule has 0 unspecified atom stereocenters. The molecule has 0 spiro atoms. The Balaban J connectivity index is 2.05. The van der Waals surface area contributed by atoms with E-state index >= 15 is 0 Å². The molecule has 0 aliphatic heterocycles. The van der Waals surface area contributed by atoms with Gasteiger partial charge < -0.3 is 9.73 Å².